The smallest absolute Gasteiger partial charge is 0.282 e. The first-order valence-electron chi connectivity index (χ1n) is 5.32. The highest BCUT2D eigenvalue weighted by atomic mass is 16.6. The van der Waals surface area contributed by atoms with Gasteiger partial charge >= 0.3 is 0 Å². The molecular formula is C13H10N2O2. The number of hydrogen-bond donors (Lipinski definition) is 0. The van der Waals surface area contributed by atoms with E-state index in [1.165, 1.54) is 0 Å². The maximum absolute atomic E-state index is 5.70. The van der Waals surface area contributed by atoms with E-state index in [0.717, 1.165) is 5.69 Å². The average Bonchev–Trinajstić information content (AvgIpc) is 2.36. The predicted molar refractivity (Wildman–Crippen MR) is 63.3 cm³/mol. The van der Waals surface area contributed by atoms with Crippen LogP contribution in [0.25, 0.3) is 6.08 Å². The van der Waals surface area contributed by atoms with Crippen molar-refractivity contribution >= 4 is 6.08 Å². The molecule has 1 aromatic heterocycles. The number of benzene rings is 1. The van der Waals surface area contributed by atoms with E-state index < -0.39 is 0 Å². The van der Waals surface area contributed by atoms with Crippen molar-refractivity contribution in [1.82, 2.24) is 10.2 Å². The van der Waals surface area contributed by atoms with E-state index in [1.807, 2.05) is 43.3 Å². The minimum Gasteiger partial charge on any atom is -0.448 e. The number of aromatic nitrogens is 2. The normalized spacial score (nSPS) is 12.5. The lowest BCUT2D eigenvalue weighted by atomic mass is 10.3. The Hall–Kier alpha value is -2.36. The highest BCUT2D eigenvalue weighted by Gasteiger charge is 2.19. The number of ether oxygens (including phenoxy) is 2. The van der Waals surface area contributed by atoms with Gasteiger partial charge in [0.05, 0.1) is 5.69 Å². The molecule has 0 fully saturated rings. The lowest BCUT2D eigenvalue weighted by Gasteiger charge is -2.18. The Morgan fingerprint density at radius 1 is 1.00 bits per heavy atom. The monoisotopic (exact) mass is 226 g/mol. The van der Waals surface area contributed by atoms with Gasteiger partial charge in [-0.3, -0.25) is 0 Å². The van der Waals surface area contributed by atoms with E-state index in [1.54, 1.807) is 6.07 Å². The van der Waals surface area contributed by atoms with Crippen molar-refractivity contribution in [2.45, 2.75) is 6.92 Å². The molecule has 0 unspecified atom stereocenters. The topological polar surface area (TPSA) is 44.2 Å². The second kappa shape index (κ2) is 3.90. The van der Waals surface area contributed by atoms with Gasteiger partial charge in [0.1, 0.15) is 0 Å². The van der Waals surface area contributed by atoms with Crippen LogP contribution in [0.4, 0.5) is 0 Å². The molecule has 0 saturated heterocycles. The van der Waals surface area contributed by atoms with Crippen LogP contribution < -0.4 is 9.47 Å². The van der Waals surface area contributed by atoms with E-state index in [4.69, 9.17) is 9.47 Å². The molecule has 4 nitrogen and oxygen atoms in total. The molecular weight excluding hydrogens is 216 g/mol. The Balaban J connectivity index is 2.03. The van der Waals surface area contributed by atoms with E-state index in [9.17, 15) is 0 Å². The Kier molecular flexibility index (Phi) is 2.26. The molecule has 0 saturated carbocycles. The molecule has 0 aliphatic carbocycles. The molecule has 1 aliphatic heterocycles. The van der Waals surface area contributed by atoms with E-state index in [2.05, 4.69) is 10.2 Å². The second-order valence-corrected chi connectivity index (χ2v) is 3.59. The molecule has 1 aliphatic rings. The predicted octanol–water partition coefficient (Wildman–Crippen LogP) is 3.41. The molecule has 1 aromatic carbocycles. The van der Waals surface area contributed by atoms with Crippen molar-refractivity contribution in [2.24, 2.45) is 0 Å². The van der Waals surface area contributed by atoms with Crippen LogP contribution >= 0.6 is 0 Å². The van der Waals surface area contributed by atoms with Gasteiger partial charge in [0.25, 0.3) is 5.88 Å². The first-order valence-corrected chi connectivity index (χ1v) is 5.32. The molecule has 0 bridgehead atoms. The molecule has 0 N–H and O–H groups in total. The van der Waals surface area contributed by atoms with Crippen LogP contribution in [-0.4, -0.2) is 10.2 Å². The highest BCUT2D eigenvalue weighted by molar-refractivity contribution is 5.54. The largest absolute Gasteiger partial charge is 0.448 e. The fraction of sp³-hybridized carbons (Fsp3) is 0.0769. The van der Waals surface area contributed by atoms with Crippen molar-refractivity contribution in [3.8, 4) is 23.1 Å². The summed E-state index contributed by atoms with van der Waals surface area (Å²) in [5.41, 5.74) is 0.745. The van der Waals surface area contributed by atoms with Crippen molar-refractivity contribution in [3.05, 3.63) is 42.1 Å². The summed E-state index contributed by atoms with van der Waals surface area (Å²) < 4.78 is 11.3. The van der Waals surface area contributed by atoms with Crippen molar-refractivity contribution in [3.63, 3.8) is 0 Å². The third-order valence-corrected chi connectivity index (χ3v) is 2.36. The van der Waals surface area contributed by atoms with Gasteiger partial charge in [-0.2, -0.15) is 0 Å². The fourth-order valence-corrected chi connectivity index (χ4v) is 1.61. The lowest BCUT2D eigenvalue weighted by molar-refractivity contribution is 0.343. The van der Waals surface area contributed by atoms with Crippen LogP contribution in [0.15, 0.2) is 36.4 Å². The number of para-hydroxylation sites is 2. The number of rotatable bonds is 1. The van der Waals surface area contributed by atoms with E-state index >= 15 is 0 Å². The minimum absolute atomic E-state index is 0.400. The summed E-state index contributed by atoms with van der Waals surface area (Å²) in [6.07, 6.45) is 3.76. The van der Waals surface area contributed by atoms with Crippen LogP contribution in [-0.2, 0) is 0 Å². The Morgan fingerprint density at radius 3 is 2.53 bits per heavy atom. The number of hydrogen-bond acceptors (Lipinski definition) is 4. The minimum atomic E-state index is 0.400. The number of fused-ring (bicyclic) bond motifs is 2. The zero-order valence-electron chi connectivity index (χ0n) is 9.25. The van der Waals surface area contributed by atoms with Crippen molar-refractivity contribution in [1.29, 1.82) is 0 Å². The summed E-state index contributed by atoms with van der Waals surface area (Å²) in [5.74, 6) is 2.34. The van der Waals surface area contributed by atoms with Gasteiger partial charge in [0.2, 0.25) is 0 Å². The SMILES string of the molecule is CC=Cc1cc2c(nn1)Oc1ccccc1O2. The average molecular weight is 226 g/mol. The molecule has 4 heteroatoms. The maximum atomic E-state index is 5.70. The van der Waals surface area contributed by atoms with Gasteiger partial charge in [-0.25, -0.2) is 0 Å². The third-order valence-electron chi connectivity index (χ3n) is 2.36. The van der Waals surface area contributed by atoms with Crippen molar-refractivity contribution in [2.75, 3.05) is 0 Å². The second-order valence-electron chi connectivity index (χ2n) is 3.59. The summed E-state index contributed by atoms with van der Waals surface area (Å²) >= 11 is 0. The third kappa shape index (κ3) is 1.73. The molecule has 17 heavy (non-hydrogen) atoms. The first-order chi connectivity index (χ1) is 8.36. The van der Waals surface area contributed by atoms with E-state index in [-0.39, 0.29) is 0 Å². The Morgan fingerprint density at radius 2 is 1.76 bits per heavy atom. The summed E-state index contributed by atoms with van der Waals surface area (Å²) in [4.78, 5) is 0. The maximum Gasteiger partial charge on any atom is 0.282 e. The zero-order chi connectivity index (χ0) is 11.7. The molecule has 0 spiro atoms. The summed E-state index contributed by atoms with van der Waals surface area (Å²) in [7, 11) is 0. The van der Waals surface area contributed by atoms with Crippen LogP contribution in [0.3, 0.4) is 0 Å². The molecule has 0 radical (unpaired) electrons. The van der Waals surface area contributed by atoms with Crippen LogP contribution in [0.5, 0.6) is 23.1 Å². The lowest BCUT2D eigenvalue weighted by Crippen LogP contribution is -2.02. The molecule has 2 aromatic rings. The zero-order valence-corrected chi connectivity index (χ0v) is 9.25. The molecule has 3 rings (SSSR count). The summed E-state index contributed by atoms with van der Waals surface area (Å²) in [5, 5.41) is 8.00. The number of allylic oxidation sites excluding steroid dienone is 1. The van der Waals surface area contributed by atoms with Gasteiger partial charge in [0, 0.05) is 6.07 Å². The standard InChI is InChI=1S/C13H10N2O2/c1-2-5-9-8-12-13(15-14-9)17-11-7-4-3-6-10(11)16-12/h2-8H,1H3. The van der Waals surface area contributed by atoms with Gasteiger partial charge in [-0.1, -0.05) is 18.2 Å². The van der Waals surface area contributed by atoms with Gasteiger partial charge in [-0.15, -0.1) is 10.2 Å². The Labute approximate surface area is 98.5 Å². The van der Waals surface area contributed by atoms with Crippen LogP contribution in [0.2, 0.25) is 0 Å². The first kappa shape index (κ1) is 9.84. The summed E-state index contributed by atoms with van der Waals surface area (Å²) in [6, 6.07) is 9.27. The van der Waals surface area contributed by atoms with Gasteiger partial charge in [0.15, 0.2) is 17.2 Å². The fourth-order valence-electron chi connectivity index (χ4n) is 1.61. The van der Waals surface area contributed by atoms with Gasteiger partial charge < -0.3 is 9.47 Å². The molecule has 84 valence electrons. The van der Waals surface area contributed by atoms with Crippen LogP contribution in [0, 0.1) is 0 Å². The Bertz CT molecular complexity index is 594. The molecule has 2 heterocycles. The van der Waals surface area contributed by atoms with E-state index in [0.29, 0.717) is 23.1 Å². The van der Waals surface area contributed by atoms with Crippen LogP contribution in [0.1, 0.15) is 12.6 Å². The highest BCUT2D eigenvalue weighted by Crippen LogP contribution is 2.43. The molecule has 0 atom stereocenters. The molecule has 0 amide bonds. The quantitative estimate of drug-likeness (QED) is 0.637. The summed E-state index contributed by atoms with van der Waals surface area (Å²) in [6.45, 7) is 1.92. The number of nitrogens with zero attached hydrogens (tertiary/aromatic N) is 2. The van der Waals surface area contributed by atoms with Gasteiger partial charge in [-0.05, 0) is 25.1 Å². The van der Waals surface area contributed by atoms with Crippen molar-refractivity contribution < 1.29 is 9.47 Å².